The predicted octanol–water partition coefficient (Wildman–Crippen LogP) is 1.96. The summed E-state index contributed by atoms with van der Waals surface area (Å²) in [6, 6.07) is 5.48. The first kappa shape index (κ1) is 18.1. The predicted molar refractivity (Wildman–Crippen MR) is 72.7 cm³/mol. The zero-order chi connectivity index (χ0) is 15.5. The van der Waals surface area contributed by atoms with Gasteiger partial charge in [-0.1, -0.05) is 31.9 Å². The third-order valence-electron chi connectivity index (χ3n) is 2.45. The molecule has 6 nitrogen and oxygen atoms in total. The maximum atomic E-state index is 10.5. The topological polar surface area (TPSA) is 115 Å². The van der Waals surface area contributed by atoms with Gasteiger partial charge in [-0.3, -0.25) is 0 Å². The van der Waals surface area contributed by atoms with Crippen LogP contribution in [-0.2, 0) is 0 Å². The van der Waals surface area contributed by atoms with Crippen LogP contribution in [0.25, 0.3) is 0 Å². The van der Waals surface area contributed by atoms with Gasteiger partial charge in [0.15, 0.2) is 6.29 Å². The van der Waals surface area contributed by atoms with E-state index < -0.39 is 18.2 Å². The number of unbranched alkanes of at least 4 members (excludes halogenated alkanes) is 2. The zero-order valence-corrected chi connectivity index (χ0v) is 11.3. The van der Waals surface area contributed by atoms with Gasteiger partial charge in [0.2, 0.25) is 0 Å². The fourth-order valence-electron chi connectivity index (χ4n) is 1.43. The molecular formula is C14H20O6. The Kier molecular flexibility index (Phi) is 8.98. The number of benzene rings is 1. The molecule has 0 aliphatic carbocycles. The summed E-state index contributed by atoms with van der Waals surface area (Å²) >= 11 is 0. The summed E-state index contributed by atoms with van der Waals surface area (Å²) in [6.07, 6.45) is 2.58. The molecule has 4 N–H and O–H groups in total. The van der Waals surface area contributed by atoms with Crippen molar-refractivity contribution in [2.45, 2.75) is 38.9 Å². The third kappa shape index (κ3) is 7.50. The Morgan fingerprint density at radius 2 is 1.45 bits per heavy atom. The Morgan fingerprint density at radius 3 is 1.75 bits per heavy atom. The molecular weight excluding hydrogens is 264 g/mol. The van der Waals surface area contributed by atoms with Crippen molar-refractivity contribution < 1.29 is 30.0 Å². The molecule has 0 aliphatic heterocycles. The third-order valence-corrected chi connectivity index (χ3v) is 2.45. The lowest BCUT2D eigenvalue weighted by atomic mass is 10.1. The second-order valence-electron chi connectivity index (χ2n) is 4.13. The number of hydrogen-bond acceptors (Lipinski definition) is 4. The SMILES string of the molecule is CCCCCC(O)O.O=C(O)c1ccccc1C(=O)O. The van der Waals surface area contributed by atoms with Crippen LogP contribution in [0.5, 0.6) is 0 Å². The highest BCUT2D eigenvalue weighted by Gasteiger charge is 2.13. The van der Waals surface area contributed by atoms with E-state index in [1.54, 1.807) is 0 Å². The fraction of sp³-hybridized carbons (Fsp3) is 0.429. The normalized spacial score (nSPS) is 9.80. The van der Waals surface area contributed by atoms with E-state index >= 15 is 0 Å². The molecule has 0 spiro atoms. The monoisotopic (exact) mass is 284 g/mol. The van der Waals surface area contributed by atoms with Crippen LogP contribution in [0.2, 0.25) is 0 Å². The van der Waals surface area contributed by atoms with Crippen LogP contribution >= 0.6 is 0 Å². The van der Waals surface area contributed by atoms with Crippen molar-refractivity contribution in [3.63, 3.8) is 0 Å². The summed E-state index contributed by atoms with van der Waals surface area (Å²) in [5.41, 5.74) is -0.380. The van der Waals surface area contributed by atoms with Crippen molar-refractivity contribution >= 4 is 11.9 Å². The molecule has 0 bridgehead atoms. The van der Waals surface area contributed by atoms with Crippen LogP contribution in [-0.4, -0.2) is 38.7 Å². The van der Waals surface area contributed by atoms with Crippen LogP contribution in [0.3, 0.4) is 0 Å². The van der Waals surface area contributed by atoms with E-state index in [-0.39, 0.29) is 11.1 Å². The summed E-state index contributed by atoms with van der Waals surface area (Å²) < 4.78 is 0. The molecule has 112 valence electrons. The van der Waals surface area contributed by atoms with E-state index in [4.69, 9.17) is 20.4 Å². The number of carboxylic acid groups (broad SMARTS) is 2. The number of carbonyl (C=O) groups is 2. The molecule has 1 aromatic rings. The van der Waals surface area contributed by atoms with E-state index in [2.05, 4.69) is 6.92 Å². The van der Waals surface area contributed by atoms with Crippen molar-refractivity contribution in [3.8, 4) is 0 Å². The van der Waals surface area contributed by atoms with E-state index in [1.165, 1.54) is 24.3 Å². The first-order valence-corrected chi connectivity index (χ1v) is 6.31. The first-order chi connectivity index (χ1) is 9.40. The van der Waals surface area contributed by atoms with Crippen molar-refractivity contribution in [1.82, 2.24) is 0 Å². The molecule has 0 saturated carbocycles. The zero-order valence-electron chi connectivity index (χ0n) is 11.3. The van der Waals surface area contributed by atoms with E-state index in [0.29, 0.717) is 6.42 Å². The molecule has 6 heteroatoms. The summed E-state index contributed by atoms with van der Waals surface area (Å²) in [5, 5.41) is 33.8. The van der Waals surface area contributed by atoms with Gasteiger partial charge in [-0.15, -0.1) is 0 Å². The molecule has 0 saturated heterocycles. The molecule has 0 aromatic heterocycles. The maximum absolute atomic E-state index is 10.5. The lowest BCUT2D eigenvalue weighted by Gasteiger charge is -1.99. The highest BCUT2D eigenvalue weighted by Crippen LogP contribution is 2.07. The van der Waals surface area contributed by atoms with Gasteiger partial charge in [0.25, 0.3) is 0 Å². The summed E-state index contributed by atoms with van der Waals surface area (Å²) in [5.74, 6) is -2.46. The standard InChI is InChI=1S/C8H6O4.C6H14O2/c9-7(10)5-3-1-2-4-6(5)8(11)12;1-2-3-4-5-6(7)8/h1-4H,(H,9,10)(H,11,12);6-8H,2-5H2,1H3. The van der Waals surface area contributed by atoms with E-state index in [1.807, 2.05) is 0 Å². The molecule has 20 heavy (non-hydrogen) atoms. The molecule has 0 unspecified atom stereocenters. The lowest BCUT2D eigenvalue weighted by Crippen LogP contribution is -2.06. The number of aliphatic hydroxyl groups is 2. The van der Waals surface area contributed by atoms with Crippen molar-refractivity contribution in [2.75, 3.05) is 0 Å². The van der Waals surface area contributed by atoms with Gasteiger partial charge in [-0.05, 0) is 25.0 Å². The largest absolute Gasteiger partial charge is 0.478 e. The van der Waals surface area contributed by atoms with Crippen LogP contribution in [0.4, 0.5) is 0 Å². The average Bonchev–Trinajstić information content (AvgIpc) is 2.39. The minimum atomic E-state index is -1.23. The Morgan fingerprint density at radius 1 is 1.00 bits per heavy atom. The van der Waals surface area contributed by atoms with Crippen LogP contribution < -0.4 is 0 Å². The molecule has 0 heterocycles. The number of aliphatic hydroxyl groups excluding tert-OH is 1. The first-order valence-electron chi connectivity index (χ1n) is 6.31. The highest BCUT2D eigenvalue weighted by atomic mass is 16.5. The summed E-state index contributed by atoms with van der Waals surface area (Å²) in [7, 11) is 0. The minimum absolute atomic E-state index is 0.190. The van der Waals surface area contributed by atoms with Crippen molar-refractivity contribution in [1.29, 1.82) is 0 Å². The van der Waals surface area contributed by atoms with Crippen LogP contribution in [0, 0.1) is 0 Å². The quantitative estimate of drug-likeness (QED) is 0.469. The molecule has 1 aromatic carbocycles. The van der Waals surface area contributed by atoms with E-state index in [0.717, 1.165) is 19.3 Å². The second kappa shape index (κ2) is 9.94. The van der Waals surface area contributed by atoms with Gasteiger partial charge >= 0.3 is 11.9 Å². The summed E-state index contributed by atoms with van der Waals surface area (Å²) in [6.45, 7) is 2.09. The molecule has 0 atom stereocenters. The van der Waals surface area contributed by atoms with E-state index in [9.17, 15) is 9.59 Å². The molecule has 0 fully saturated rings. The van der Waals surface area contributed by atoms with Gasteiger partial charge in [0, 0.05) is 0 Å². The number of hydrogen-bond donors (Lipinski definition) is 4. The highest BCUT2D eigenvalue weighted by molar-refractivity contribution is 6.01. The Bertz CT molecular complexity index is 394. The molecule has 0 radical (unpaired) electrons. The molecule has 0 aliphatic rings. The number of carboxylic acids is 2. The van der Waals surface area contributed by atoms with Gasteiger partial charge in [0.1, 0.15) is 0 Å². The minimum Gasteiger partial charge on any atom is -0.478 e. The fourth-order valence-corrected chi connectivity index (χ4v) is 1.43. The Balaban J connectivity index is 0.000000396. The van der Waals surface area contributed by atoms with Crippen LogP contribution in [0.1, 0.15) is 53.3 Å². The van der Waals surface area contributed by atoms with Gasteiger partial charge in [0.05, 0.1) is 11.1 Å². The Hall–Kier alpha value is -1.92. The van der Waals surface area contributed by atoms with Crippen molar-refractivity contribution in [3.05, 3.63) is 35.4 Å². The maximum Gasteiger partial charge on any atom is 0.336 e. The summed E-state index contributed by atoms with van der Waals surface area (Å²) in [4.78, 5) is 20.9. The van der Waals surface area contributed by atoms with Gasteiger partial charge < -0.3 is 20.4 Å². The van der Waals surface area contributed by atoms with Gasteiger partial charge in [-0.25, -0.2) is 9.59 Å². The second-order valence-corrected chi connectivity index (χ2v) is 4.13. The average molecular weight is 284 g/mol. The lowest BCUT2D eigenvalue weighted by molar-refractivity contribution is -0.0465. The van der Waals surface area contributed by atoms with Crippen molar-refractivity contribution in [2.24, 2.45) is 0 Å². The van der Waals surface area contributed by atoms with Gasteiger partial charge in [-0.2, -0.15) is 0 Å². The number of rotatable bonds is 6. The Labute approximate surface area is 117 Å². The smallest absolute Gasteiger partial charge is 0.336 e. The molecule has 1 rings (SSSR count). The number of aromatic carboxylic acids is 2. The molecule has 0 amide bonds. The van der Waals surface area contributed by atoms with Crippen LogP contribution in [0.15, 0.2) is 24.3 Å².